The van der Waals surface area contributed by atoms with Gasteiger partial charge in [-0.05, 0) is 30.9 Å². The van der Waals surface area contributed by atoms with Gasteiger partial charge >= 0.3 is 0 Å². The molecule has 3 nitrogen and oxygen atoms in total. The van der Waals surface area contributed by atoms with Gasteiger partial charge in [-0.15, -0.1) is 0 Å². The Bertz CT molecular complexity index is 467. The number of carbonyl (C=O) groups excluding carboxylic acids is 1. The van der Waals surface area contributed by atoms with E-state index in [2.05, 4.69) is 15.9 Å². The summed E-state index contributed by atoms with van der Waals surface area (Å²) in [5.41, 5.74) is 0.125. The number of hydrogen-bond donors (Lipinski definition) is 0. The maximum atomic E-state index is 13.9. The Morgan fingerprint density at radius 3 is 3.00 bits per heavy atom. The molecule has 0 bridgehead atoms. The maximum Gasteiger partial charge on any atom is 0.256 e. The first-order chi connectivity index (χ1) is 9.15. The molecule has 19 heavy (non-hydrogen) atoms. The van der Waals surface area contributed by atoms with Gasteiger partial charge in [0, 0.05) is 24.5 Å². The second-order valence-corrected chi connectivity index (χ2v) is 5.52. The Hall–Kier alpha value is -1.10. The van der Waals surface area contributed by atoms with Crippen molar-refractivity contribution in [2.45, 2.75) is 12.8 Å². The molecule has 0 saturated carbocycles. The first-order valence-corrected chi connectivity index (χ1v) is 7.46. The lowest BCUT2D eigenvalue weighted by atomic mass is 10.1. The number of methoxy groups -OCH3 is 1. The van der Waals surface area contributed by atoms with Crippen molar-refractivity contribution in [3.63, 3.8) is 0 Å². The zero-order valence-electron chi connectivity index (χ0n) is 10.9. The molecule has 104 valence electrons. The summed E-state index contributed by atoms with van der Waals surface area (Å²) in [4.78, 5) is 14.0. The minimum atomic E-state index is -0.520. The van der Waals surface area contributed by atoms with Crippen molar-refractivity contribution in [1.29, 1.82) is 0 Å². The molecule has 1 unspecified atom stereocenters. The summed E-state index contributed by atoms with van der Waals surface area (Å²) in [6, 6.07) is 4.36. The molecule has 5 heteroatoms. The van der Waals surface area contributed by atoms with Crippen LogP contribution in [0.5, 0.6) is 5.75 Å². The van der Waals surface area contributed by atoms with Crippen LogP contribution >= 0.6 is 15.9 Å². The molecule has 0 radical (unpaired) electrons. The van der Waals surface area contributed by atoms with Gasteiger partial charge in [0.15, 0.2) is 0 Å². The van der Waals surface area contributed by atoms with Crippen LogP contribution in [-0.2, 0) is 0 Å². The van der Waals surface area contributed by atoms with Crippen molar-refractivity contribution >= 4 is 21.8 Å². The molecular weight excluding hydrogens is 313 g/mol. The predicted octanol–water partition coefficient (Wildman–Crippen LogP) is 3.08. The van der Waals surface area contributed by atoms with Crippen LogP contribution in [0.15, 0.2) is 18.2 Å². The summed E-state index contributed by atoms with van der Waals surface area (Å²) in [7, 11) is 1.47. The lowest BCUT2D eigenvalue weighted by molar-refractivity contribution is 0.0782. The lowest BCUT2D eigenvalue weighted by Crippen LogP contribution is -2.29. The van der Waals surface area contributed by atoms with E-state index >= 15 is 0 Å². The van der Waals surface area contributed by atoms with Crippen LogP contribution in [-0.4, -0.2) is 36.3 Å². The third-order valence-corrected chi connectivity index (χ3v) is 3.95. The van der Waals surface area contributed by atoms with Gasteiger partial charge in [0.25, 0.3) is 5.91 Å². The Kier molecular flexibility index (Phi) is 4.80. The van der Waals surface area contributed by atoms with Gasteiger partial charge in [0.05, 0.1) is 12.7 Å². The number of likely N-dealkylation sites (tertiary alicyclic amines) is 1. The number of halogens is 2. The van der Waals surface area contributed by atoms with Crippen molar-refractivity contribution in [3.8, 4) is 5.75 Å². The molecule has 0 aliphatic carbocycles. The average molecular weight is 330 g/mol. The third-order valence-electron chi connectivity index (χ3n) is 3.50. The monoisotopic (exact) mass is 329 g/mol. The van der Waals surface area contributed by atoms with E-state index in [0.29, 0.717) is 18.2 Å². The van der Waals surface area contributed by atoms with E-state index in [1.54, 1.807) is 11.0 Å². The molecule has 0 aromatic heterocycles. The van der Waals surface area contributed by atoms with Crippen molar-refractivity contribution in [1.82, 2.24) is 4.90 Å². The number of alkyl halides is 1. The molecular formula is C14H17BrFNO2. The topological polar surface area (TPSA) is 29.5 Å². The van der Waals surface area contributed by atoms with Crippen LogP contribution in [0.4, 0.5) is 4.39 Å². The van der Waals surface area contributed by atoms with Gasteiger partial charge < -0.3 is 9.64 Å². The smallest absolute Gasteiger partial charge is 0.256 e. The summed E-state index contributed by atoms with van der Waals surface area (Å²) >= 11 is 3.41. The van der Waals surface area contributed by atoms with E-state index in [1.165, 1.54) is 19.2 Å². The molecule has 0 N–H and O–H groups in total. The highest BCUT2D eigenvalue weighted by Crippen LogP contribution is 2.24. The molecule has 1 saturated heterocycles. The molecule has 1 heterocycles. The third kappa shape index (κ3) is 3.26. The van der Waals surface area contributed by atoms with Gasteiger partial charge in [0.1, 0.15) is 11.6 Å². The Morgan fingerprint density at radius 1 is 1.58 bits per heavy atom. The summed E-state index contributed by atoms with van der Waals surface area (Å²) in [6.07, 6.45) is 2.05. The summed E-state index contributed by atoms with van der Waals surface area (Å²) in [6.45, 7) is 1.43. The average Bonchev–Trinajstić information content (AvgIpc) is 2.87. The molecule has 1 fully saturated rings. The standard InChI is InChI=1S/C14H17BrFNO2/c1-19-11-2-3-12(13(16)8-11)14(18)17-7-5-10(9-17)4-6-15/h2-3,8,10H,4-7,9H2,1H3. The van der Waals surface area contributed by atoms with Crippen LogP contribution in [0.25, 0.3) is 0 Å². The zero-order valence-corrected chi connectivity index (χ0v) is 12.5. The van der Waals surface area contributed by atoms with Gasteiger partial charge in [-0.3, -0.25) is 4.79 Å². The Balaban J connectivity index is 2.08. The van der Waals surface area contributed by atoms with E-state index in [9.17, 15) is 9.18 Å². The van der Waals surface area contributed by atoms with Crippen LogP contribution in [0.3, 0.4) is 0 Å². The largest absolute Gasteiger partial charge is 0.497 e. The normalized spacial score (nSPS) is 18.7. The van der Waals surface area contributed by atoms with E-state index in [1.807, 2.05) is 0 Å². The van der Waals surface area contributed by atoms with Gasteiger partial charge in [0.2, 0.25) is 0 Å². The summed E-state index contributed by atoms with van der Waals surface area (Å²) in [5, 5.41) is 0.941. The maximum absolute atomic E-state index is 13.9. The molecule has 1 amide bonds. The van der Waals surface area contributed by atoms with Gasteiger partial charge in [-0.2, -0.15) is 0 Å². The van der Waals surface area contributed by atoms with Gasteiger partial charge in [-0.1, -0.05) is 15.9 Å². The van der Waals surface area contributed by atoms with E-state index in [4.69, 9.17) is 4.74 Å². The van der Waals surface area contributed by atoms with E-state index in [-0.39, 0.29) is 11.5 Å². The lowest BCUT2D eigenvalue weighted by Gasteiger charge is -2.17. The quantitative estimate of drug-likeness (QED) is 0.794. The van der Waals surface area contributed by atoms with Crippen LogP contribution in [0.2, 0.25) is 0 Å². The fourth-order valence-electron chi connectivity index (χ4n) is 2.37. The minimum Gasteiger partial charge on any atom is -0.497 e. The molecule has 1 aliphatic heterocycles. The van der Waals surface area contributed by atoms with Crippen molar-refractivity contribution in [2.24, 2.45) is 5.92 Å². The second-order valence-electron chi connectivity index (χ2n) is 4.73. The number of ether oxygens (including phenoxy) is 1. The number of carbonyl (C=O) groups is 1. The number of benzene rings is 1. The van der Waals surface area contributed by atoms with Crippen molar-refractivity contribution in [3.05, 3.63) is 29.6 Å². The van der Waals surface area contributed by atoms with Crippen LogP contribution in [0.1, 0.15) is 23.2 Å². The highest BCUT2D eigenvalue weighted by Gasteiger charge is 2.27. The zero-order chi connectivity index (χ0) is 13.8. The summed E-state index contributed by atoms with van der Waals surface area (Å²) in [5.74, 6) is 0.197. The number of nitrogens with zero attached hydrogens (tertiary/aromatic N) is 1. The number of hydrogen-bond acceptors (Lipinski definition) is 2. The second kappa shape index (κ2) is 6.37. The molecule has 0 spiro atoms. The first kappa shape index (κ1) is 14.3. The molecule has 1 aromatic carbocycles. The number of rotatable bonds is 4. The Labute approximate surface area is 120 Å². The van der Waals surface area contributed by atoms with Crippen LogP contribution < -0.4 is 4.74 Å². The van der Waals surface area contributed by atoms with Gasteiger partial charge in [-0.25, -0.2) is 4.39 Å². The highest BCUT2D eigenvalue weighted by atomic mass is 79.9. The summed E-state index contributed by atoms with van der Waals surface area (Å²) < 4.78 is 18.8. The molecule has 1 aromatic rings. The highest BCUT2D eigenvalue weighted by molar-refractivity contribution is 9.09. The SMILES string of the molecule is COc1ccc(C(=O)N2CCC(CCBr)C2)c(F)c1. The van der Waals surface area contributed by atoms with Crippen LogP contribution in [0, 0.1) is 11.7 Å². The molecule has 1 aliphatic rings. The fourth-order valence-corrected chi connectivity index (χ4v) is 3.02. The number of amides is 1. The minimum absolute atomic E-state index is 0.125. The van der Waals surface area contributed by atoms with Crippen molar-refractivity contribution < 1.29 is 13.9 Å². The predicted molar refractivity (Wildman–Crippen MR) is 75.4 cm³/mol. The molecule has 2 rings (SSSR count). The fraction of sp³-hybridized carbons (Fsp3) is 0.500. The van der Waals surface area contributed by atoms with E-state index < -0.39 is 5.82 Å². The van der Waals surface area contributed by atoms with Crippen molar-refractivity contribution in [2.75, 3.05) is 25.5 Å². The first-order valence-electron chi connectivity index (χ1n) is 6.34. The van der Waals surface area contributed by atoms with E-state index in [0.717, 1.165) is 24.7 Å². The Morgan fingerprint density at radius 2 is 2.37 bits per heavy atom. The molecule has 1 atom stereocenters.